The average molecular weight is 378 g/mol. The minimum Gasteiger partial charge on any atom is -0.480 e. The number of para-hydroxylation sites is 1. The number of nitrogens with one attached hydrogen (secondary N) is 2. The maximum atomic E-state index is 13.0. The van der Waals surface area contributed by atoms with Crippen LogP contribution in [0.2, 0.25) is 0 Å². The van der Waals surface area contributed by atoms with E-state index in [1.807, 2.05) is 30.5 Å². The van der Waals surface area contributed by atoms with Gasteiger partial charge in [-0.15, -0.1) is 0 Å². The van der Waals surface area contributed by atoms with Crippen molar-refractivity contribution < 1.29 is 18.7 Å². The van der Waals surface area contributed by atoms with Crippen LogP contribution in [0.4, 0.5) is 4.39 Å². The number of H-pyrrole nitrogens is 1. The molecule has 3 N–H and O–H groups in total. The Kier molecular flexibility index (Phi) is 4.95. The summed E-state index contributed by atoms with van der Waals surface area (Å²) in [6.45, 7) is 0.278. The molecule has 2 heterocycles. The minimum atomic E-state index is -0.921. The first-order chi connectivity index (χ1) is 13.6. The summed E-state index contributed by atoms with van der Waals surface area (Å²) in [6, 6.07) is 16.7. The molecule has 5 nitrogen and oxygen atoms in total. The van der Waals surface area contributed by atoms with Gasteiger partial charge < -0.3 is 14.5 Å². The highest BCUT2D eigenvalue weighted by Crippen LogP contribution is 2.23. The van der Waals surface area contributed by atoms with Crippen LogP contribution in [0, 0.1) is 5.82 Å². The summed E-state index contributed by atoms with van der Waals surface area (Å²) >= 11 is 0. The Morgan fingerprint density at radius 3 is 2.68 bits per heavy atom. The standard InChI is InChI=1S/C22H19FN2O3/c23-16-7-5-14(6-8-16)21-10-9-17(28-21)13-25-20(22(26)27)11-15-12-24-19-4-2-1-3-18(15)19/h1-10,12,20,24-25H,11,13H2,(H,26,27)/t20-/m0/s1. The topological polar surface area (TPSA) is 78.3 Å². The number of aromatic nitrogens is 1. The number of carboxylic acid groups (broad SMARTS) is 1. The first kappa shape index (κ1) is 18.0. The summed E-state index contributed by atoms with van der Waals surface area (Å²) in [5.41, 5.74) is 2.69. The molecular weight excluding hydrogens is 359 g/mol. The SMILES string of the molecule is O=C(O)[C@H](Cc1c[nH]c2ccccc12)NCc1ccc(-c2ccc(F)cc2)o1. The number of fused-ring (bicyclic) bond motifs is 1. The molecule has 0 amide bonds. The Bertz CT molecular complexity index is 1100. The number of furan rings is 1. The first-order valence-corrected chi connectivity index (χ1v) is 8.96. The molecule has 0 aliphatic rings. The van der Waals surface area contributed by atoms with Crippen molar-refractivity contribution in [3.8, 4) is 11.3 Å². The number of aromatic amines is 1. The van der Waals surface area contributed by atoms with E-state index >= 15 is 0 Å². The molecule has 28 heavy (non-hydrogen) atoms. The molecule has 0 unspecified atom stereocenters. The molecule has 0 aliphatic carbocycles. The van der Waals surface area contributed by atoms with Crippen molar-refractivity contribution in [3.05, 3.63) is 84.0 Å². The zero-order chi connectivity index (χ0) is 19.5. The zero-order valence-electron chi connectivity index (χ0n) is 15.0. The molecule has 0 spiro atoms. The molecule has 0 saturated heterocycles. The van der Waals surface area contributed by atoms with Crippen molar-refractivity contribution in [2.45, 2.75) is 19.0 Å². The summed E-state index contributed by atoms with van der Waals surface area (Å²) in [5, 5.41) is 13.7. The molecule has 0 radical (unpaired) electrons. The lowest BCUT2D eigenvalue weighted by Gasteiger charge is -2.13. The lowest BCUT2D eigenvalue weighted by atomic mass is 10.0. The van der Waals surface area contributed by atoms with Crippen molar-refractivity contribution in [2.24, 2.45) is 0 Å². The van der Waals surface area contributed by atoms with Crippen LogP contribution >= 0.6 is 0 Å². The summed E-state index contributed by atoms with van der Waals surface area (Å²) in [4.78, 5) is 14.9. The molecule has 4 aromatic rings. The fourth-order valence-corrected chi connectivity index (χ4v) is 3.23. The third kappa shape index (κ3) is 3.82. The largest absolute Gasteiger partial charge is 0.480 e. The molecule has 1 atom stereocenters. The second kappa shape index (κ2) is 7.70. The van der Waals surface area contributed by atoms with Crippen LogP contribution in [0.15, 0.2) is 71.3 Å². The Morgan fingerprint density at radius 2 is 1.89 bits per heavy atom. The number of hydrogen-bond donors (Lipinski definition) is 3. The van der Waals surface area contributed by atoms with Gasteiger partial charge in [0, 0.05) is 29.1 Å². The number of carboxylic acids is 1. The Labute approximate surface area is 160 Å². The van der Waals surface area contributed by atoms with Crippen LogP contribution in [0.1, 0.15) is 11.3 Å². The third-order valence-corrected chi connectivity index (χ3v) is 4.71. The lowest BCUT2D eigenvalue weighted by molar-refractivity contribution is -0.139. The third-order valence-electron chi connectivity index (χ3n) is 4.71. The Morgan fingerprint density at radius 1 is 1.11 bits per heavy atom. The van der Waals surface area contributed by atoms with Gasteiger partial charge in [-0.05, 0) is 48.0 Å². The van der Waals surface area contributed by atoms with Gasteiger partial charge in [-0.3, -0.25) is 10.1 Å². The summed E-state index contributed by atoms with van der Waals surface area (Å²) < 4.78 is 18.8. The molecule has 6 heteroatoms. The summed E-state index contributed by atoms with van der Waals surface area (Å²) in [7, 11) is 0. The van der Waals surface area contributed by atoms with Gasteiger partial charge in [0.15, 0.2) is 0 Å². The summed E-state index contributed by atoms with van der Waals surface area (Å²) in [5.74, 6) is -0.000761. The van der Waals surface area contributed by atoms with Crippen molar-refractivity contribution >= 4 is 16.9 Å². The number of benzene rings is 2. The average Bonchev–Trinajstić information content (AvgIpc) is 3.33. The van der Waals surface area contributed by atoms with E-state index in [-0.39, 0.29) is 12.4 Å². The van der Waals surface area contributed by atoms with Gasteiger partial charge in [0.25, 0.3) is 0 Å². The highest BCUT2D eigenvalue weighted by atomic mass is 19.1. The fraction of sp³-hybridized carbons (Fsp3) is 0.136. The van der Waals surface area contributed by atoms with Crippen molar-refractivity contribution in [1.29, 1.82) is 0 Å². The van der Waals surface area contributed by atoms with Crippen LogP contribution in [0.3, 0.4) is 0 Å². The van der Waals surface area contributed by atoms with Crippen LogP contribution in [-0.2, 0) is 17.8 Å². The maximum Gasteiger partial charge on any atom is 0.321 e. The molecule has 4 rings (SSSR count). The van der Waals surface area contributed by atoms with Crippen molar-refractivity contribution in [1.82, 2.24) is 10.3 Å². The van der Waals surface area contributed by atoms with Gasteiger partial charge in [0.1, 0.15) is 23.4 Å². The van der Waals surface area contributed by atoms with Gasteiger partial charge in [0.2, 0.25) is 0 Å². The van der Waals surface area contributed by atoms with Crippen molar-refractivity contribution in [2.75, 3.05) is 0 Å². The monoisotopic (exact) mass is 378 g/mol. The molecule has 0 fully saturated rings. The fourth-order valence-electron chi connectivity index (χ4n) is 3.23. The Hall–Kier alpha value is -3.38. The van der Waals surface area contributed by atoms with E-state index in [2.05, 4.69) is 10.3 Å². The van der Waals surface area contributed by atoms with Crippen LogP contribution in [-0.4, -0.2) is 22.1 Å². The van der Waals surface area contributed by atoms with E-state index < -0.39 is 12.0 Å². The van der Waals surface area contributed by atoms with E-state index in [0.717, 1.165) is 22.0 Å². The van der Waals surface area contributed by atoms with E-state index in [9.17, 15) is 14.3 Å². The number of hydrogen-bond acceptors (Lipinski definition) is 3. The normalized spacial score (nSPS) is 12.3. The molecule has 0 aliphatic heterocycles. The quantitative estimate of drug-likeness (QED) is 0.447. The smallest absolute Gasteiger partial charge is 0.321 e. The number of halogens is 1. The van der Waals surface area contributed by atoms with Gasteiger partial charge in [-0.1, -0.05) is 18.2 Å². The number of rotatable bonds is 7. The predicted octanol–water partition coefficient (Wildman–Crippen LogP) is 4.35. The van der Waals surface area contributed by atoms with Gasteiger partial charge in [-0.2, -0.15) is 0 Å². The van der Waals surface area contributed by atoms with E-state index in [1.165, 1.54) is 12.1 Å². The first-order valence-electron chi connectivity index (χ1n) is 8.96. The zero-order valence-corrected chi connectivity index (χ0v) is 15.0. The summed E-state index contributed by atoms with van der Waals surface area (Å²) in [6.07, 6.45) is 2.20. The minimum absolute atomic E-state index is 0.278. The number of carbonyl (C=O) groups is 1. The number of aliphatic carboxylic acids is 1. The van der Waals surface area contributed by atoms with Gasteiger partial charge >= 0.3 is 5.97 Å². The molecule has 0 bridgehead atoms. The molecule has 142 valence electrons. The van der Waals surface area contributed by atoms with E-state index in [0.29, 0.717) is 17.9 Å². The van der Waals surface area contributed by atoms with Crippen LogP contribution in [0.25, 0.3) is 22.2 Å². The van der Waals surface area contributed by atoms with Crippen LogP contribution < -0.4 is 5.32 Å². The molecule has 0 saturated carbocycles. The van der Waals surface area contributed by atoms with Gasteiger partial charge in [-0.25, -0.2) is 4.39 Å². The molecular formula is C22H19FN2O3. The predicted molar refractivity (Wildman–Crippen MR) is 104 cm³/mol. The van der Waals surface area contributed by atoms with Gasteiger partial charge in [0.05, 0.1) is 6.54 Å². The second-order valence-corrected chi connectivity index (χ2v) is 6.61. The molecule has 2 aromatic heterocycles. The van der Waals surface area contributed by atoms with E-state index in [4.69, 9.17) is 4.42 Å². The lowest BCUT2D eigenvalue weighted by Crippen LogP contribution is -2.37. The molecule has 2 aromatic carbocycles. The highest BCUT2D eigenvalue weighted by molar-refractivity contribution is 5.84. The van der Waals surface area contributed by atoms with Crippen molar-refractivity contribution in [3.63, 3.8) is 0 Å². The highest BCUT2D eigenvalue weighted by Gasteiger charge is 2.20. The Balaban J connectivity index is 1.44. The van der Waals surface area contributed by atoms with Crippen LogP contribution in [0.5, 0.6) is 0 Å². The second-order valence-electron chi connectivity index (χ2n) is 6.61. The van der Waals surface area contributed by atoms with E-state index in [1.54, 1.807) is 24.3 Å². The maximum absolute atomic E-state index is 13.0.